The smallest absolute Gasteiger partial charge is 0.275 e. The molecule has 2 aromatic heterocycles. The van der Waals surface area contributed by atoms with Crippen molar-refractivity contribution in [2.75, 3.05) is 43.9 Å². The monoisotopic (exact) mass is 460 g/mol. The molecule has 1 fully saturated rings. The molecular formula is C21H28N6O4S. The number of aromatic nitrogens is 4. The maximum atomic E-state index is 13.1. The number of fused-ring (bicyclic) bond motifs is 1. The standard InChI is InChI=1S/C21H28N6O4S/c1-14(2)27-21(28)18-13-16(32(29,30)11-8-26-6-9-31-10-7-26)4-5-17(18)20(25-27)22-19-12-15(3)23-24-19/h4-5,12-14H,6-11H2,1-3H3,(H2,22,23,24,25). The number of H-pyrrole nitrogens is 1. The predicted octanol–water partition coefficient (Wildman–Crippen LogP) is 1.86. The molecule has 0 saturated carbocycles. The Kier molecular flexibility index (Phi) is 6.31. The van der Waals surface area contributed by atoms with Gasteiger partial charge < -0.3 is 10.1 Å². The van der Waals surface area contributed by atoms with Gasteiger partial charge in [0.1, 0.15) is 0 Å². The number of aromatic amines is 1. The molecule has 1 saturated heterocycles. The van der Waals surface area contributed by atoms with Crippen molar-refractivity contribution in [2.24, 2.45) is 0 Å². The molecule has 2 N–H and O–H groups in total. The molecule has 0 spiro atoms. The molecule has 1 aliphatic rings. The summed E-state index contributed by atoms with van der Waals surface area (Å²) in [5, 5.41) is 15.5. The van der Waals surface area contributed by atoms with E-state index in [0.717, 1.165) is 18.8 Å². The predicted molar refractivity (Wildman–Crippen MR) is 122 cm³/mol. The lowest BCUT2D eigenvalue weighted by atomic mass is 10.2. The molecule has 172 valence electrons. The normalized spacial score (nSPS) is 15.5. The lowest BCUT2D eigenvalue weighted by molar-refractivity contribution is 0.0408. The van der Waals surface area contributed by atoms with Gasteiger partial charge in [-0.05, 0) is 39.0 Å². The van der Waals surface area contributed by atoms with E-state index in [9.17, 15) is 13.2 Å². The average Bonchev–Trinajstić information content (AvgIpc) is 3.19. The third-order valence-corrected chi connectivity index (χ3v) is 7.17. The maximum Gasteiger partial charge on any atom is 0.275 e. The second-order valence-electron chi connectivity index (χ2n) is 8.23. The Morgan fingerprint density at radius 2 is 1.94 bits per heavy atom. The van der Waals surface area contributed by atoms with Gasteiger partial charge in [-0.3, -0.25) is 14.8 Å². The first kappa shape index (κ1) is 22.4. The summed E-state index contributed by atoms with van der Waals surface area (Å²) in [5.74, 6) is 0.990. The minimum absolute atomic E-state index is 0.0143. The summed E-state index contributed by atoms with van der Waals surface area (Å²) in [4.78, 5) is 15.3. The van der Waals surface area contributed by atoms with Crippen LogP contribution >= 0.6 is 0 Å². The molecule has 1 aliphatic heterocycles. The topological polar surface area (TPSA) is 122 Å². The van der Waals surface area contributed by atoms with Crippen molar-refractivity contribution in [2.45, 2.75) is 31.7 Å². The molecule has 11 heteroatoms. The SMILES string of the molecule is Cc1cc(Nc2nn(C(C)C)c(=O)c3cc(S(=O)(=O)CCN4CCOCC4)ccc23)n[nH]1. The van der Waals surface area contributed by atoms with Crippen molar-refractivity contribution in [3.63, 3.8) is 0 Å². The zero-order valence-electron chi connectivity index (χ0n) is 18.5. The number of rotatable bonds is 7. The number of anilines is 2. The largest absolute Gasteiger partial charge is 0.379 e. The summed E-state index contributed by atoms with van der Waals surface area (Å²) in [6, 6.07) is 6.27. The Balaban J connectivity index is 1.71. The summed E-state index contributed by atoms with van der Waals surface area (Å²) >= 11 is 0. The number of hydrogen-bond acceptors (Lipinski definition) is 8. The molecule has 32 heavy (non-hydrogen) atoms. The Hall–Kier alpha value is -2.76. The van der Waals surface area contributed by atoms with Crippen molar-refractivity contribution >= 4 is 32.2 Å². The van der Waals surface area contributed by atoms with E-state index in [0.29, 0.717) is 42.2 Å². The van der Waals surface area contributed by atoms with Crippen molar-refractivity contribution < 1.29 is 13.2 Å². The first-order chi connectivity index (χ1) is 15.2. The fourth-order valence-electron chi connectivity index (χ4n) is 3.67. The molecule has 0 unspecified atom stereocenters. The van der Waals surface area contributed by atoms with Crippen molar-refractivity contribution in [3.05, 3.63) is 40.3 Å². The van der Waals surface area contributed by atoms with Gasteiger partial charge in [0.15, 0.2) is 21.5 Å². The van der Waals surface area contributed by atoms with Crippen LogP contribution in [0.1, 0.15) is 25.6 Å². The van der Waals surface area contributed by atoms with E-state index in [1.807, 2.05) is 26.8 Å². The molecule has 1 aromatic carbocycles. The highest BCUT2D eigenvalue weighted by Gasteiger charge is 2.21. The van der Waals surface area contributed by atoms with E-state index in [1.165, 1.54) is 10.7 Å². The molecule has 0 radical (unpaired) electrons. The minimum Gasteiger partial charge on any atom is -0.379 e. The number of ether oxygens (including phenoxy) is 1. The molecule has 10 nitrogen and oxygen atoms in total. The van der Waals surface area contributed by atoms with Crippen LogP contribution in [0.4, 0.5) is 11.6 Å². The summed E-state index contributed by atoms with van der Waals surface area (Å²) in [7, 11) is -3.56. The van der Waals surface area contributed by atoms with Gasteiger partial charge in [-0.25, -0.2) is 13.1 Å². The average molecular weight is 461 g/mol. The fourth-order valence-corrected chi connectivity index (χ4v) is 4.98. The van der Waals surface area contributed by atoms with Crippen LogP contribution in [-0.4, -0.2) is 71.9 Å². The van der Waals surface area contributed by atoms with Crippen molar-refractivity contribution in [1.82, 2.24) is 24.9 Å². The van der Waals surface area contributed by atoms with Crippen LogP contribution in [0.15, 0.2) is 34.0 Å². The number of nitrogens with zero attached hydrogens (tertiary/aromatic N) is 4. The van der Waals surface area contributed by atoms with Crippen LogP contribution in [0.5, 0.6) is 0 Å². The molecule has 3 aromatic rings. The van der Waals surface area contributed by atoms with Gasteiger partial charge in [0, 0.05) is 36.8 Å². The van der Waals surface area contributed by atoms with Crippen LogP contribution in [0.3, 0.4) is 0 Å². The number of nitrogens with one attached hydrogen (secondary N) is 2. The van der Waals surface area contributed by atoms with E-state index in [4.69, 9.17) is 4.74 Å². The van der Waals surface area contributed by atoms with Crippen LogP contribution in [0.2, 0.25) is 0 Å². The van der Waals surface area contributed by atoms with Crippen molar-refractivity contribution in [3.8, 4) is 0 Å². The van der Waals surface area contributed by atoms with Crippen LogP contribution in [0, 0.1) is 6.92 Å². The number of aryl methyl sites for hydroxylation is 1. The number of benzene rings is 1. The lowest BCUT2D eigenvalue weighted by Gasteiger charge is -2.26. The second kappa shape index (κ2) is 9.00. The molecule has 0 amide bonds. The third-order valence-electron chi connectivity index (χ3n) is 5.47. The third kappa shape index (κ3) is 4.69. The fraction of sp³-hybridized carbons (Fsp3) is 0.476. The number of sulfone groups is 1. The lowest BCUT2D eigenvalue weighted by Crippen LogP contribution is -2.39. The Morgan fingerprint density at radius 3 is 2.59 bits per heavy atom. The van der Waals surface area contributed by atoms with E-state index >= 15 is 0 Å². The Labute approximate surface area is 186 Å². The van der Waals surface area contributed by atoms with E-state index in [1.54, 1.807) is 12.1 Å². The van der Waals surface area contributed by atoms with Gasteiger partial charge in [-0.1, -0.05) is 0 Å². The van der Waals surface area contributed by atoms with E-state index in [-0.39, 0.29) is 22.2 Å². The highest BCUT2D eigenvalue weighted by molar-refractivity contribution is 7.91. The molecule has 0 bridgehead atoms. The number of morpholine rings is 1. The Bertz CT molecular complexity index is 1280. The minimum atomic E-state index is -3.56. The zero-order chi connectivity index (χ0) is 22.9. The van der Waals surface area contributed by atoms with Gasteiger partial charge in [-0.2, -0.15) is 10.2 Å². The van der Waals surface area contributed by atoms with Crippen molar-refractivity contribution in [1.29, 1.82) is 0 Å². The molecule has 0 aliphatic carbocycles. The summed E-state index contributed by atoms with van der Waals surface area (Å²) in [5.41, 5.74) is 0.548. The molecule has 4 rings (SSSR count). The maximum absolute atomic E-state index is 13.1. The molecule has 0 atom stereocenters. The quantitative estimate of drug-likeness (QED) is 0.548. The first-order valence-corrected chi connectivity index (χ1v) is 12.3. The van der Waals surface area contributed by atoms with Crippen LogP contribution < -0.4 is 10.9 Å². The summed E-state index contributed by atoms with van der Waals surface area (Å²) < 4.78 is 32.7. The van der Waals surface area contributed by atoms with E-state index < -0.39 is 9.84 Å². The van der Waals surface area contributed by atoms with Crippen LogP contribution in [-0.2, 0) is 14.6 Å². The van der Waals surface area contributed by atoms with Gasteiger partial charge in [0.05, 0.1) is 35.3 Å². The molecular weight excluding hydrogens is 432 g/mol. The summed E-state index contributed by atoms with van der Waals surface area (Å²) in [6.45, 7) is 8.69. The Morgan fingerprint density at radius 1 is 1.19 bits per heavy atom. The summed E-state index contributed by atoms with van der Waals surface area (Å²) in [6.07, 6.45) is 0. The second-order valence-corrected chi connectivity index (χ2v) is 10.3. The highest BCUT2D eigenvalue weighted by atomic mass is 32.2. The van der Waals surface area contributed by atoms with Crippen LogP contribution in [0.25, 0.3) is 10.8 Å². The van der Waals surface area contributed by atoms with Gasteiger partial charge in [0.2, 0.25) is 0 Å². The van der Waals surface area contributed by atoms with Gasteiger partial charge in [0.25, 0.3) is 5.56 Å². The molecule has 3 heterocycles. The zero-order valence-corrected chi connectivity index (χ0v) is 19.3. The number of hydrogen-bond donors (Lipinski definition) is 2. The van der Waals surface area contributed by atoms with Gasteiger partial charge in [-0.15, -0.1) is 0 Å². The first-order valence-electron chi connectivity index (χ1n) is 10.6. The van der Waals surface area contributed by atoms with E-state index in [2.05, 4.69) is 25.5 Å². The highest BCUT2D eigenvalue weighted by Crippen LogP contribution is 2.25. The van der Waals surface area contributed by atoms with Gasteiger partial charge >= 0.3 is 0 Å².